The van der Waals surface area contributed by atoms with Crippen molar-refractivity contribution in [2.75, 3.05) is 13.2 Å². The van der Waals surface area contributed by atoms with Crippen molar-refractivity contribution in [1.29, 1.82) is 0 Å². The van der Waals surface area contributed by atoms with E-state index in [4.69, 9.17) is 4.74 Å². The summed E-state index contributed by atoms with van der Waals surface area (Å²) in [4.78, 5) is 28.2. The molecular formula is C17H18FN3O3. The third-order valence-corrected chi connectivity index (χ3v) is 3.88. The third-order valence-electron chi connectivity index (χ3n) is 3.88. The van der Waals surface area contributed by atoms with Crippen LogP contribution >= 0.6 is 0 Å². The molecule has 0 aliphatic carbocycles. The van der Waals surface area contributed by atoms with E-state index in [1.807, 2.05) is 0 Å². The molecule has 7 heteroatoms. The lowest BCUT2D eigenvalue weighted by Crippen LogP contribution is -2.36. The van der Waals surface area contributed by atoms with Crippen LogP contribution in [-0.2, 0) is 16.1 Å². The SMILES string of the molecule is O=C(Cn1cnc(-c2ccc(F)cc2)cc1=O)NC[C@H]1CCCO1. The Morgan fingerprint density at radius 3 is 2.83 bits per heavy atom. The first-order valence-electron chi connectivity index (χ1n) is 7.82. The number of aromatic nitrogens is 2. The highest BCUT2D eigenvalue weighted by Gasteiger charge is 2.16. The van der Waals surface area contributed by atoms with Gasteiger partial charge in [0.15, 0.2) is 0 Å². The minimum Gasteiger partial charge on any atom is -0.376 e. The molecule has 1 fully saturated rings. The van der Waals surface area contributed by atoms with Crippen molar-refractivity contribution in [1.82, 2.24) is 14.9 Å². The molecule has 1 aliphatic heterocycles. The summed E-state index contributed by atoms with van der Waals surface area (Å²) >= 11 is 0. The van der Waals surface area contributed by atoms with E-state index in [1.165, 1.54) is 29.1 Å². The minimum absolute atomic E-state index is 0.0599. The maximum absolute atomic E-state index is 12.9. The van der Waals surface area contributed by atoms with Crippen LogP contribution in [0.4, 0.5) is 4.39 Å². The molecule has 1 aliphatic rings. The summed E-state index contributed by atoms with van der Waals surface area (Å²) in [5, 5.41) is 2.76. The predicted molar refractivity (Wildman–Crippen MR) is 85.9 cm³/mol. The molecule has 2 aromatic rings. The van der Waals surface area contributed by atoms with Gasteiger partial charge in [0.25, 0.3) is 5.56 Å². The number of carbonyl (C=O) groups excluding carboxylic acids is 1. The van der Waals surface area contributed by atoms with Crippen LogP contribution in [0, 0.1) is 5.82 Å². The molecule has 1 saturated heterocycles. The topological polar surface area (TPSA) is 73.2 Å². The van der Waals surface area contributed by atoms with E-state index in [0.717, 1.165) is 19.4 Å². The van der Waals surface area contributed by atoms with Gasteiger partial charge in [0, 0.05) is 24.8 Å². The summed E-state index contributed by atoms with van der Waals surface area (Å²) in [6.07, 6.45) is 3.33. The fourth-order valence-electron chi connectivity index (χ4n) is 2.57. The number of hydrogen-bond donors (Lipinski definition) is 1. The summed E-state index contributed by atoms with van der Waals surface area (Å²) in [7, 11) is 0. The van der Waals surface area contributed by atoms with E-state index in [0.29, 0.717) is 17.8 Å². The maximum atomic E-state index is 12.9. The van der Waals surface area contributed by atoms with Crippen LogP contribution in [0.15, 0.2) is 41.5 Å². The average Bonchev–Trinajstić information content (AvgIpc) is 3.09. The highest BCUT2D eigenvalue weighted by molar-refractivity contribution is 5.75. The molecule has 1 aromatic carbocycles. The van der Waals surface area contributed by atoms with Gasteiger partial charge in [-0.25, -0.2) is 9.37 Å². The molecule has 24 heavy (non-hydrogen) atoms. The molecule has 1 N–H and O–H groups in total. The van der Waals surface area contributed by atoms with Gasteiger partial charge in [-0.15, -0.1) is 0 Å². The van der Waals surface area contributed by atoms with Crippen molar-refractivity contribution >= 4 is 5.91 Å². The van der Waals surface area contributed by atoms with Gasteiger partial charge < -0.3 is 10.1 Å². The summed E-state index contributed by atoms with van der Waals surface area (Å²) in [6, 6.07) is 7.05. The molecule has 6 nitrogen and oxygen atoms in total. The number of halogens is 1. The number of nitrogens with one attached hydrogen (secondary N) is 1. The number of benzene rings is 1. The number of ether oxygens (including phenoxy) is 1. The Balaban J connectivity index is 1.63. The molecule has 0 bridgehead atoms. The van der Waals surface area contributed by atoms with Gasteiger partial charge in [0.05, 0.1) is 18.1 Å². The number of amides is 1. The quantitative estimate of drug-likeness (QED) is 0.897. The first kappa shape index (κ1) is 16.3. The van der Waals surface area contributed by atoms with Crippen molar-refractivity contribution in [3.63, 3.8) is 0 Å². The Kier molecular flexibility index (Phi) is 5.00. The largest absolute Gasteiger partial charge is 0.376 e. The van der Waals surface area contributed by atoms with Gasteiger partial charge in [-0.2, -0.15) is 0 Å². The van der Waals surface area contributed by atoms with Crippen molar-refractivity contribution in [2.45, 2.75) is 25.5 Å². The summed E-state index contributed by atoms with van der Waals surface area (Å²) in [5.74, 6) is -0.612. The van der Waals surface area contributed by atoms with Gasteiger partial charge in [-0.3, -0.25) is 14.2 Å². The molecule has 0 spiro atoms. The molecule has 1 amide bonds. The van der Waals surface area contributed by atoms with E-state index < -0.39 is 0 Å². The van der Waals surface area contributed by atoms with Crippen molar-refractivity contribution in [3.8, 4) is 11.3 Å². The standard InChI is InChI=1S/C17H18FN3O3/c18-13-5-3-12(4-6-13)15-8-17(23)21(11-20-15)10-16(22)19-9-14-2-1-7-24-14/h3-6,8,11,14H,1-2,7,9-10H2,(H,19,22)/t14-/m1/s1. The Morgan fingerprint density at radius 1 is 1.38 bits per heavy atom. The fraction of sp³-hybridized carbons (Fsp3) is 0.353. The van der Waals surface area contributed by atoms with Crippen molar-refractivity contribution in [2.24, 2.45) is 0 Å². The smallest absolute Gasteiger partial charge is 0.254 e. The van der Waals surface area contributed by atoms with Gasteiger partial charge >= 0.3 is 0 Å². The Labute approximate surface area is 138 Å². The number of rotatable bonds is 5. The van der Waals surface area contributed by atoms with Crippen molar-refractivity contribution in [3.05, 3.63) is 52.8 Å². The van der Waals surface area contributed by atoms with E-state index in [9.17, 15) is 14.0 Å². The van der Waals surface area contributed by atoms with Crippen LogP contribution in [0.3, 0.4) is 0 Å². The van der Waals surface area contributed by atoms with E-state index >= 15 is 0 Å². The van der Waals surface area contributed by atoms with Crippen LogP contribution in [0.25, 0.3) is 11.3 Å². The van der Waals surface area contributed by atoms with E-state index in [2.05, 4.69) is 10.3 Å². The van der Waals surface area contributed by atoms with Crippen LogP contribution in [0.5, 0.6) is 0 Å². The van der Waals surface area contributed by atoms with E-state index in [1.54, 1.807) is 12.1 Å². The zero-order chi connectivity index (χ0) is 16.9. The minimum atomic E-state index is -0.352. The highest BCUT2D eigenvalue weighted by atomic mass is 19.1. The first-order chi connectivity index (χ1) is 11.6. The predicted octanol–water partition coefficient (Wildman–Crippen LogP) is 1.34. The molecule has 0 unspecified atom stereocenters. The van der Waals surface area contributed by atoms with Crippen molar-refractivity contribution < 1.29 is 13.9 Å². The highest BCUT2D eigenvalue weighted by Crippen LogP contribution is 2.15. The number of nitrogens with zero attached hydrogens (tertiary/aromatic N) is 2. The fourth-order valence-corrected chi connectivity index (χ4v) is 2.57. The molecule has 2 heterocycles. The molecule has 0 radical (unpaired) electrons. The number of carbonyl (C=O) groups is 1. The lowest BCUT2D eigenvalue weighted by atomic mass is 10.1. The normalized spacial score (nSPS) is 17.0. The van der Waals surface area contributed by atoms with Gasteiger partial charge in [-0.05, 0) is 37.1 Å². The Hall–Kier alpha value is -2.54. The van der Waals surface area contributed by atoms with E-state index in [-0.39, 0.29) is 29.9 Å². The average molecular weight is 331 g/mol. The van der Waals surface area contributed by atoms with Gasteiger partial charge in [0.2, 0.25) is 5.91 Å². The van der Waals surface area contributed by atoms with Crippen LogP contribution in [0.1, 0.15) is 12.8 Å². The van der Waals surface area contributed by atoms with Crippen LogP contribution in [0.2, 0.25) is 0 Å². The third kappa shape index (κ3) is 4.05. The van der Waals surface area contributed by atoms with Crippen LogP contribution < -0.4 is 10.9 Å². The Bertz CT molecular complexity index is 767. The maximum Gasteiger partial charge on any atom is 0.254 e. The summed E-state index contributed by atoms with van der Waals surface area (Å²) in [5.41, 5.74) is 0.746. The molecule has 1 aromatic heterocycles. The summed E-state index contributed by atoms with van der Waals surface area (Å²) < 4.78 is 19.6. The summed E-state index contributed by atoms with van der Waals surface area (Å²) in [6.45, 7) is 1.09. The molecule has 3 rings (SSSR count). The first-order valence-corrected chi connectivity index (χ1v) is 7.82. The zero-order valence-electron chi connectivity index (χ0n) is 13.1. The number of hydrogen-bond acceptors (Lipinski definition) is 4. The van der Waals surface area contributed by atoms with Gasteiger partial charge in [-0.1, -0.05) is 0 Å². The molecule has 126 valence electrons. The second-order valence-corrected chi connectivity index (χ2v) is 5.69. The molecule has 1 atom stereocenters. The lowest BCUT2D eigenvalue weighted by Gasteiger charge is -2.11. The monoisotopic (exact) mass is 331 g/mol. The second kappa shape index (κ2) is 7.35. The lowest BCUT2D eigenvalue weighted by molar-refractivity contribution is -0.122. The van der Waals surface area contributed by atoms with Gasteiger partial charge in [0.1, 0.15) is 12.4 Å². The molecule has 0 saturated carbocycles. The zero-order valence-corrected chi connectivity index (χ0v) is 13.1. The molecular weight excluding hydrogens is 313 g/mol. The van der Waals surface area contributed by atoms with Crippen LogP contribution in [-0.4, -0.2) is 34.7 Å². The Morgan fingerprint density at radius 2 is 2.17 bits per heavy atom. The second-order valence-electron chi connectivity index (χ2n) is 5.69.